The fraction of sp³-hybridized carbons (Fsp3) is 0.600. The molecule has 236 valence electrons. The van der Waals surface area contributed by atoms with Crippen LogP contribution in [0.1, 0.15) is 58.2 Å². The molecule has 1 amide bonds. The summed E-state index contributed by atoms with van der Waals surface area (Å²) in [5.74, 6) is 0.0256. The largest absolute Gasteiger partial charge is 0.425 e. The summed E-state index contributed by atoms with van der Waals surface area (Å²) in [6.45, 7) is 13.6. The maximum atomic E-state index is 14.0. The Morgan fingerprint density at radius 3 is 1.88 bits per heavy atom. The number of pyridine rings is 1. The topological polar surface area (TPSA) is 48.9 Å². The molecule has 43 heavy (non-hydrogen) atoms. The molecule has 0 aliphatic carbocycles. The smallest absolute Gasteiger partial charge is 0.416 e. The molecule has 1 aromatic heterocycles. The van der Waals surface area contributed by atoms with Crippen LogP contribution in [0.3, 0.4) is 0 Å². The number of rotatable bonds is 5. The van der Waals surface area contributed by atoms with Gasteiger partial charge < -0.3 is 19.4 Å². The van der Waals surface area contributed by atoms with E-state index < -0.39 is 52.9 Å². The number of carbonyl (C=O) groups is 1. The molecule has 6 nitrogen and oxygen atoms in total. The Bertz CT molecular complexity index is 1320. The second-order valence-corrected chi connectivity index (χ2v) is 13.4. The molecular formula is C30H39BF6N4O2. The predicted octanol–water partition coefficient (Wildman–Crippen LogP) is 5.85. The highest BCUT2D eigenvalue weighted by Gasteiger charge is 2.51. The van der Waals surface area contributed by atoms with Gasteiger partial charge >= 0.3 is 19.3 Å². The Morgan fingerprint density at radius 2 is 1.42 bits per heavy atom. The molecule has 2 saturated heterocycles. The summed E-state index contributed by atoms with van der Waals surface area (Å²) in [7, 11) is 3.50. The van der Waals surface area contributed by atoms with Crippen LogP contribution in [0.2, 0.25) is 6.32 Å². The Balaban J connectivity index is 1.78. The van der Waals surface area contributed by atoms with Gasteiger partial charge in [-0.05, 0) is 81.8 Å². The van der Waals surface area contributed by atoms with Crippen molar-refractivity contribution < 1.29 is 35.8 Å². The lowest BCUT2D eigenvalue weighted by atomic mass is 9.54. The first kappa shape index (κ1) is 33.1. The molecule has 0 radical (unpaired) electrons. The summed E-state index contributed by atoms with van der Waals surface area (Å²) in [4.78, 5) is 24.3. The van der Waals surface area contributed by atoms with Gasteiger partial charge in [-0.15, -0.1) is 0 Å². The number of aromatic nitrogens is 1. The van der Waals surface area contributed by atoms with Gasteiger partial charge in [0.15, 0.2) is 0 Å². The zero-order chi connectivity index (χ0) is 32.3. The lowest BCUT2D eigenvalue weighted by Crippen LogP contribution is -2.47. The van der Waals surface area contributed by atoms with Gasteiger partial charge in [-0.25, -0.2) is 4.98 Å². The molecule has 0 atom stereocenters. The molecule has 3 heterocycles. The van der Waals surface area contributed by atoms with E-state index in [-0.39, 0.29) is 11.5 Å². The van der Waals surface area contributed by atoms with E-state index in [2.05, 4.69) is 28.6 Å². The maximum Gasteiger partial charge on any atom is 0.416 e. The van der Waals surface area contributed by atoms with E-state index in [1.807, 2.05) is 27.0 Å². The van der Waals surface area contributed by atoms with Crippen LogP contribution >= 0.6 is 0 Å². The number of halogens is 6. The van der Waals surface area contributed by atoms with Crippen LogP contribution in [0, 0.1) is 5.41 Å². The van der Waals surface area contributed by atoms with Crippen LogP contribution < -0.4 is 15.3 Å². The van der Waals surface area contributed by atoms with Crippen LogP contribution in [0.4, 0.5) is 37.8 Å². The van der Waals surface area contributed by atoms with Gasteiger partial charge in [0, 0.05) is 33.2 Å². The van der Waals surface area contributed by atoms with Gasteiger partial charge in [0.05, 0.1) is 34.0 Å². The number of hydrogen-bond acceptors (Lipinski definition) is 5. The van der Waals surface area contributed by atoms with Crippen LogP contribution in [0.5, 0.6) is 0 Å². The van der Waals surface area contributed by atoms with E-state index in [9.17, 15) is 31.1 Å². The molecule has 2 aromatic rings. The van der Waals surface area contributed by atoms with Gasteiger partial charge in [0.1, 0.15) is 5.82 Å². The van der Waals surface area contributed by atoms with Gasteiger partial charge in [-0.2, -0.15) is 26.3 Å². The van der Waals surface area contributed by atoms with Crippen molar-refractivity contribution in [2.75, 3.05) is 50.1 Å². The molecular weight excluding hydrogens is 573 g/mol. The Morgan fingerprint density at radius 1 is 0.907 bits per heavy atom. The second-order valence-electron chi connectivity index (χ2n) is 13.4. The highest BCUT2D eigenvalue weighted by Crippen LogP contribution is 2.46. The zero-order valence-electron chi connectivity index (χ0n) is 25.9. The van der Waals surface area contributed by atoms with Crippen molar-refractivity contribution in [2.45, 2.75) is 71.2 Å². The van der Waals surface area contributed by atoms with E-state index in [4.69, 9.17) is 4.65 Å². The number of nitrogens with zero attached hydrogens (tertiary/aromatic N) is 4. The quantitative estimate of drug-likeness (QED) is 0.314. The van der Waals surface area contributed by atoms with Crippen molar-refractivity contribution in [3.63, 3.8) is 0 Å². The third-order valence-electron chi connectivity index (χ3n) is 9.35. The van der Waals surface area contributed by atoms with E-state index in [0.717, 1.165) is 26.2 Å². The third kappa shape index (κ3) is 6.52. The minimum absolute atomic E-state index is 0.0633. The standard InChI is InChI=1S/C30H39BF6N4O2/c1-26(2)18-31(43-28(26,5)6)22-16-24(41-11-9-39(7)10-12-41)38-17-23(22)40(8)25(42)27(3,4)19-13-20(29(32,33)34)15-21(14-19)30(35,36)37/h13-17H,9-12,18H2,1-8H3. The van der Waals surface area contributed by atoms with E-state index in [1.54, 1.807) is 6.20 Å². The first-order chi connectivity index (χ1) is 19.5. The van der Waals surface area contributed by atoms with Crippen molar-refractivity contribution in [2.24, 2.45) is 5.41 Å². The Kier molecular flexibility index (Phi) is 8.45. The predicted molar refractivity (Wildman–Crippen MR) is 156 cm³/mol. The van der Waals surface area contributed by atoms with E-state index >= 15 is 0 Å². The molecule has 1 aromatic carbocycles. The maximum absolute atomic E-state index is 14.0. The summed E-state index contributed by atoms with van der Waals surface area (Å²) >= 11 is 0. The fourth-order valence-electron chi connectivity index (χ4n) is 5.61. The lowest BCUT2D eigenvalue weighted by molar-refractivity contribution is -0.143. The normalized spacial score (nSPS) is 19.6. The van der Waals surface area contributed by atoms with Crippen LogP contribution in [0.15, 0.2) is 30.5 Å². The van der Waals surface area contributed by atoms with Gasteiger partial charge in [0.2, 0.25) is 5.91 Å². The number of carbonyl (C=O) groups excluding carboxylic acids is 1. The van der Waals surface area contributed by atoms with E-state index in [0.29, 0.717) is 35.4 Å². The Labute approximate surface area is 249 Å². The number of anilines is 2. The van der Waals surface area contributed by atoms with Gasteiger partial charge in [-0.1, -0.05) is 13.8 Å². The summed E-state index contributed by atoms with van der Waals surface area (Å²) in [5.41, 5.74) is -4.73. The highest BCUT2D eigenvalue weighted by molar-refractivity contribution is 6.70. The number of amides is 1. The van der Waals surface area contributed by atoms with Crippen molar-refractivity contribution in [3.8, 4) is 0 Å². The molecule has 0 saturated carbocycles. The molecule has 0 bridgehead atoms. The van der Waals surface area contributed by atoms with Crippen molar-refractivity contribution in [3.05, 3.63) is 47.2 Å². The van der Waals surface area contributed by atoms with Crippen LogP contribution in [-0.4, -0.2) is 68.6 Å². The first-order valence-corrected chi connectivity index (χ1v) is 14.2. The molecule has 0 spiro atoms. The second kappa shape index (κ2) is 11.0. The summed E-state index contributed by atoms with van der Waals surface area (Å²) in [6.07, 6.45) is -7.88. The fourth-order valence-corrected chi connectivity index (χ4v) is 5.61. The summed E-state index contributed by atoms with van der Waals surface area (Å²) < 4.78 is 88.2. The average Bonchev–Trinajstić information content (AvgIpc) is 3.13. The zero-order valence-corrected chi connectivity index (χ0v) is 25.9. The molecule has 0 unspecified atom stereocenters. The highest BCUT2D eigenvalue weighted by atomic mass is 19.4. The van der Waals surface area contributed by atoms with Gasteiger partial charge in [0.25, 0.3) is 0 Å². The molecule has 2 aliphatic rings. The minimum Gasteiger partial charge on any atom is -0.425 e. The summed E-state index contributed by atoms with van der Waals surface area (Å²) in [6, 6.07) is 3.18. The monoisotopic (exact) mass is 612 g/mol. The number of likely N-dealkylation sites (N-methyl/N-ethyl adjacent to an activating group) is 2. The van der Waals surface area contributed by atoms with Crippen LogP contribution in [-0.2, 0) is 27.2 Å². The van der Waals surface area contributed by atoms with E-state index in [1.165, 1.54) is 25.8 Å². The average molecular weight is 612 g/mol. The minimum atomic E-state index is -5.03. The number of benzene rings is 1. The van der Waals surface area contributed by atoms with Crippen LogP contribution in [0.25, 0.3) is 0 Å². The Hall–Kier alpha value is -2.80. The molecule has 13 heteroatoms. The number of piperazine rings is 1. The molecule has 0 N–H and O–H groups in total. The van der Waals surface area contributed by atoms with Gasteiger partial charge in [-0.3, -0.25) is 4.79 Å². The molecule has 2 aliphatic heterocycles. The van der Waals surface area contributed by atoms with Crippen molar-refractivity contribution in [1.29, 1.82) is 0 Å². The summed E-state index contributed by atoms with van der Waals surface area (Å²) in [5, 5.41) is 0. The molecule has 4 rings (SSSR count). The molecule has 2 fully saturated rings. The van der Waals surface area contributed by atoms with Crippen molar-refractivity contribution >= 4 is 29.8 Å². The first-order valence-electron chi connectivity index (χ1n) is 14.2. The lowest BCUT2D eigenvalue weighted by Gasteiger charge is -2.35. The number of alkyl halides is 6. The SMILES string of the molecule is CN1CCN(c2cc(B3CC(C)(C)C(C)(C)O3)c(N(C)C(=O)C(C)(C)c3cc(C(F)(F)F)cc(C(F)(F)F)c3)cn2)CC1. The van der Waals surface area contributed by atoms with Crippen molar-refractivity contribution in [1.82, 2.24) is 9.88 Å². The number of hydrogen-bond donors (Lipinski definition) is 0. The third-order valence-corrected chi connectivity index (χ3v) is 9.35.